The standard InChI is InChI=1S/C27H24FN3O3/c28-21-13-9-18(10-14-21)16-29-25(32)20-11-7-19(8-12-20)17-31-23-5-2-1-4-22(23)26(33)30-15-3-6-24(30)27(31)34/h1-2,4-5,7-14,24H,3,6,15-17H2,(H,29,32). The van der Waals surface area contributed by atoms with Crippen LogP contribution in [0, 0.1) is 5.82 Å². The van der Waals surface area contributed by atoms with Gasteiger partial charge in [0.2, 0.25) is 5.91 Å². The lowest BCUT2D eigenvalue weighted by molar-refractivity contribution is -0.122. The molecular weight excluding hydrogens is 433 g/mol. The largest absolute Gasteiger partial charge is 0.348 e. The zero-order valence-corrected chi connectivity index (χ0v) is 18.5. The lowest BCUT2D eigenvalue weighted by Gasteiger charge is -2.26. The van der Waals surface area contributed by atoms with Crippen LogP contribution in [0.2, 0.25) is 0 Å². The van der Waals surface area contributed by atoms with Crippen LogP contribution in [0.25, 0.3) is 0 Å². The maximum atomic E-state index is 13.4. The summed E-state index contributed by atoms with van der Waals surface area (Å²) in [4.78, 5) is 42.3. The van der Waals surface area contributed by atoms with Crippen LogP contribution >= 0.6 is 0 Å². The predicted molar refractivity (Wildman–Crippen MR) is 126 cm³/mol. The normalized spacial score (nSPS) is 17.3. The van der Waals surface area contributed by atoms with Crippen molar-refractivity contribution in [1.82, 2.24) is 10.2 Å². The third-order valence-corrected chi connectivity index (χ3v) is 6.41. The molecule has 1 N–H and O–H groups in total. The minimum atomic E-state index is -0.434. The number of rotatable bonds is 5. The molecule has 0 aromatic heterocycles. The molecule has 7 heteroatoms. The lowest BCUT2D eigenvalue weighted by atomic mass is 10.1. The van der Waals surface area contributed by atoms with Gasteiger partial charge in [-0.25, -0.2) is 4.39 Å². The van der Waals surface area contributed by atoms with E-state index in [1.165, 1.54) is 12.1 Å². The first-order valence-corrected chi connectivity index (χ1v) is 11.3. The van der Waals surface area contributed by atoms with Crippen LogP contribution in [0.4, 0.5) is 10.1 Å². The number of amides is 3. The summed E-state index contributed by atoms with van der Waals surface area (Å²) in [6.45, 7) is 1.20. The van der Waals surface area contributed by atoms with Gasteiger partial charge >= 0.3 is 0 Å². The Balaban J connectivity index is 1.32. The fourth-order valence-electron chi connectivity index (χ4n) is 4.60. The fraction of sp³-hybridized carbons (Fsp3) is 0.222. The van der Waals surface area contributed by atoms with Crippen molar-refractivity contribution in [2.75, 3.05) is 11.4 Å². The molecule has 1 atom stereocenters. The highest BCUT2D eigenvalue weighted by Gasteiger charge is 2.41. The number of anilines is 1. The van der Waals surface area contributed by atoms with Crippen LogP contribution in [0.3, 0.4) is 0 Å². The van der Waals surface area contributed by atoms with E-state index in [4.69, 9.17) is 0 Å². The van der Waals surface area contributed by atoms with E-state index < -0.39 is 6.04 Å². The summed E-state index contributed by atoms with van der Waals surface area (Å²) >= 11 is 0. The van der Waals surface area contributed by atoms with Crippen molar-refractivity contribution in [3.63, 3.8) is 0 Å². The van der Waals surface area contributed by atoms with Crippen LogP contribution in [0.1, 0.15) is 44.7 Å². The number of hydrogen-bond acceptors (Lipinski definition) is 3. The summed E-state index contributed by atoms with van der Waals surface area (Å²) in [5.41, 5.74) is 3.31. The number of nitrogens with zero attached hydrogens (tertiary/aromatic N) is 2. The maximum absolute atomic E-state index is 13.4. The van der Waals surface area contributed by atoms with E-state index in [0.717, 1.165) is 17.5 Å². The molecule has 3 amide bonds. The van der Waals surface area contributed by atoms with Gasteiger partial charge in [-0.3, -0.25) is 14.4 Å². The molecule has 3 aromatic carbocycles. The van der Waals surface area contributed by atoms with E-state index in [-0.39, 0.29) is 23.5 Å². The Morgan fingerprint density at radius 3 is 2.41 bits per heavy atom. The Labute approximate surface area is 197 Å². The van der Waals surface area contributed by atoms with Gasteiger partial charge < -0.3 is 15.1 Å². The maximum Gasteiger partial charge on any atom is 0.256 e. The molecule has 0 aliphatic carbocycles. The highest BCUT2D eigenvalue weighted by Crippen LogP contribution is 2.33. The molecule has 3 aromatic rings. The number of hydrogen-bond donors (Lipinski definition) is 1. The van der Waals surface area contributed by atoms with E-state index >= 15 is 0 Å². The van der Waals surface area contributed by atoms with Crippen molar-refractivity contribution >= 4 is 23.4 Å². The van der Waals surface area contributed by atoms with Gasteiger partial charge in [0.15, 0.2) is 0 Å². The molecule has 1 saturated heterocycles. The molecule has 0 bridgehead atoms. The van der Waals surface area contributed by atoms with Gasteiger partial charge in [-0.1, -0.05) is 36.4 Å². The van der Waals surface area contributed by atoms with Crippen molar-refractivity contribution in [2.45, 2.75) is 32.0 Å². The quantitative estimate of drug-likeness (QED) is 0.632. The number of carbonyl (C=O) groups is 3. The van der Waals surface area contributed by atoms with Gasteiger partial charge in [0.05, 0.1) is 17.8 Å². The average Bonchev–Trinajstić information content (AvgIpc) is 3.34. The second-order valence-corrected chi connectivity index (χ2v) is 8.60. The highest BCUT2D eigenvalue weighted by atomic mass is 19.1. The second-order valence-electron chi connectivity index (χ2n) is 8.60. The third-order valence-electron chi connectivity index (χ3n) is 6.41. The smallest absolute Gasteiger partial charge is 0.256 e. The molecule has 5 rings (SSSR count). The van der Waals surface area contributed by atoms with Crippen LogP contribution in [-0.2, 0) is 17.9 Å². The molecule has 34 heavy (non-hydrogen) atoms. The Hall–Kier alpha value is -4.00. The first-order chi connectivity index (χ1) is 16.5. The molecule has 6 nitrogen and oxygen atoms in total. The van der Waals surface area contributed by atoms with E-state index in [9.17, 15) is 18.8 Å². The predicted octanol–water partition coefficient (Wildman–Crippen LogP) is 3.91. The number of halogens is 1. The zero-order chi connectivity index (χ0) is 23.7. The Morgan fingerprint density at radius 1 is 0.941 bits per heavy atom. The number of carbonyl (C=O) groups excluding carboxylic acids is 3. The second kappa shape index (κ2) is 9.09. The number of benzene rings is 3. The molecule has 1 unspecified atom stereocenters. The van der Waals surface area contributed by atoms with Crippen LogP contribution in [-0.4, -0.2) is 35.2 Å². The van der Waals surface area contributed by atoms with Crippen molar-refractivity contribution in [3.05, 3.63) is 101 Å². The topological polar surface area (TPSA) is 69.7 Å². The van der Waals surface area contributed by atoms with Crippen molar-refractivity contribution < 1.29 is 18.8 Å². The molecule has 0 spiro atoms. The summed E-state index contributed by atoms with van der Waals surface area (Å²) < 4.78 is 13.0. The first-order valence-electron chi connectivity index (χ1n) is 11.3. The van der Waals surface area contributed by atoms with E-state index in [1.807, 2.05) is 30.3 Å². The first kappa shape index (κ1) is 21.8. The molecule has 0 radical (unpaired) electrons. The van der Waals surface area contributed by atoms with E-state index in [1.54, 1.807) is 40.1 Å². The fourth-order valence-corrected chi connectivity index (χ4v) is 4.60. The Bertz CT molecular complexity index is 1240. The summed E-state index contributed by atoms with van der Waals surface area (Å²) in [5, 5.41) is 2.83. The number of para-hydroxylation sites is 1. The number of nitrogens with one attached hydrogen (secondary N) is 1. The molecule has 2 aliphatic rings. The van der Waals surface area contributed by atoms with E-state index in [0.29, 0.717) is 42.9 Å². The third kappa shape index (κ3) is 4.17. The van der Waals surface area contributed by atoms with Gasteiger partial charge in [-0.15, -0.1) is 0 Å². The van der Waals surface area contributed by atoms with Crippen LogP contribution in [0.15, 0.2) is 72.8 Å². The van der Waals surface area contributed by atoms with Gasteiger partial charge in [0, 0.05) is 18.7 Å². The van der Waals surface area contributed by atoms with Gasteiger partial charge in [-0.2, -0.15) is 0 Å². The lowest BCUT2D eigenvalue weighted by Crippen LogP contribution is -2.44. The molecule has 1 fully saturated rings. The molecule has 0 saturated carbocycles. The summed E-state index contributed by atoms with van der Waals surface area (Å²) in [7, 11) is 0. The van der Waals surface area contributed by atoms with Crippen molar-refractivity contribution in [1.29, 1.82) is 0 Å². The van der Waals surface area contributed by atoms with Crippen molar-refractivity contribution in [2.24, 2.45) is 0 Å². The zero-order valence-electron chi connectivity index (χ0n) is 18.5. The minimum Gasteiger partial charge on any atom is -0.348 e. The van der Waals surface area contributed by atoms with Gasteiger partial charge in [0.25, 0.3) is 11.8 Å². The molecular formula is C27H24FN3O3. The summed E-state index contributed by atoms with van der Waals surface area (Å²) in [6.07, 6.45) is 1.49. The summed E-state index contributed by atoms with van der Waals surface area (Å²) in [6, 6.07) is 19.8. The SMILES string of the molecule is O=C(NCc1ccc(F)cc1)c1ccc(CN2C(=O)C3CCCN3C(=O)c3ccccc32)cc1. The average molecular weight is 458 g/mol. The molecule has 172 valence electrons. The summed E-state index contributed by atoms with van der Waals surface area (Å²) in [5.74, 6) is -0.723. The number of fused-ring (bicyclic) bond motifs is 2. The minimum absolute atomic E-state index is 0.0723. The van der Waals surface area contributed by atoms with Gasteiger partial charge in [0.1, 0.15) is 11.9 Å². The van der Waals surface area contributed by atoms with E-state index in [2.05, 4.69) is 5.32 Å². The highest BCUT2D eigenvalue weighted by molar-refractivity contribution is 6.11. The Kier molecular flexibility index (Phi) is 5.84. The van der Waals surface area contributed by atoms with Crippen molar-refractivity contribution in [3.8, 4) is 0 Å². The monoisotopic (exact) mass is 457 g/mol. The van der Waals surface area contributed by atoms with Gasteiger partial charge in [-0.05, 0) is 60.4 Å². The van der Waals surface area contributed by atoms with Crippen LogP contribution < -0.4 is 10.2 Å². The van der Waals surface area contributed by atoms with Crippen LogP contribution in [0.5, 0.6) is 0 Å². The Morgan fingerprint density at radius 2 is 1.65 bits per heavy atom. The molecule has 2 heterocycles. The molecule has 2 aliphatic heterocycles.